The Morgan fingerprint density at radius 3 is 2.33 bits per heavy atom. The molecule has 0 aliphatic rings. The van der Waals surface area contributed by atoms with Crippen LogP contribution in [0.15, 0.2) is 65.1 Å². The molecule has 1 aromatic heterocycles. The second-order valence-electron chi connectivity index (χ2n) is 6.45. The van der Waals surface area contributed by atoms with Crippen molar-refractivity contribution < 1.29 is 23.4 Å². The van der Waals surface area contributed by atoms with E-state index in [0.29, 0.717) is 34.2 Å². The van der Waals surface area contributed by atoms with Crippen molar-refractivity contribution in [3.8, 4) is 28.7 Å². The molecule has 0 bridgehead atoms. The quantitative estimate of drug-likeness (QED) is 0.498. The average molecular weight is 404 g/mol. The molecule has 1 N–H and O–H groups in total. The van der Waals surface area contributed by atoms with Crippen LogP contribution >= 0.6 is 0 Å². The number of methoxy groups -OCH3 is 3. The Kier molecular flexibility index (Phi) is 5.26. The lowest BCUT2D eigenvalue weighted by molar-refractivity contribution is 0.102. The van der Waals surface area contributed by atoms with E-state index in [4.69, 9.17) is 18.6 Å². The van der Waals surface area contributed by atoms with Crippen molar-refractivity contribution in [1.82, 2.24) is 4.98 Å². The van der Waals surface area contributed by atoms with E-state index in [-0.39, 0.29) is 5.91 Å². The van der Waals surface area contributed by atoms with E-state index in [1.165, 1.54) is 7.11 Å². The summed E-state index contributed by atoms with van der Waals surface area (Å²) >= 11 is 0. The molecule has 0 fully saturated rings. The first-order chi connectivity index (χ1) is 14.6. The number of fused-ring (bicyclic) bond motifs is 1. The lowest BCUT2D eigenvalue weighted by atomic mass is 10.1. The van der Waals surface area contributed by atoms with Crippen molar-refractivity contribution >= 4 is 22.7 Å². The second kappa shape index (κ2) is 8.16. The number of anilines is 1. The fourth-order valence-corrected chi connectivity index (χ4v) is 3.03. The number of amides is 1. The summed E-state index contributed by atoms with van der Waals surface area (Å²) in [5, 5.41) is 2.86. The molecule has 0 radical (unpaired) electrons. The van der Waals surface area contributed by atoms with Gasteiger partial charge in [-0.2, -0.15) is 0 Å². The normalized spacial score (nSPS) is 10.6. The summed E-state index contributed by atoms with van der Waals surface area (Å²) in [6.45, 7) is 0. The standard InChI is InChI=1S/C23H20N2O5/c1-27-17-9-11-19-18(13-17)25-23(30-19)14-4-7-16(8-5-14)24-22(26)15-6-10-20(28-2)21(12-15)29-3/h4-13H,1-3H3,(H,24,26). The van der Waals surface area contributed by atoms with Crippen LogP contribution in [0.4, 0.5) is 5.69 Å². The maximum atomic E-state index is 12.6. The van der Waals surface area contributed by atoms with Gasteiger partial charge in [0.2, 0.25) is 5.89 Å². The number of benzene rings is 3. The highest BCUT2D eigenvalue weighted by molar-refractivity contribution is 6.04. The zero-order chi connectivity index (χ0) is 21.1. The van der Waals surface area contributed by atoms with Gasteiger partial charge in [-0.15, -0.1) is 0 Å². The first kappa shape index (κ1) is 19.3. The molecule has 0 aliphatic carbocycles. The number of nitrogens with zero attached hydrogens (tertiary/aromatic N) is 1. The van der Waals surface area contributed by atoms with Crippen LogP contribution < -0.4 is 19.5 Å². The lowest BCUT2D eigenvalue weighted by Crippen LogP contribution is -2.12. The summed E-state index contributed by atoms with van der Waals surface area (Å²) in [5.41, 5.74) is 3.31. The zero-order valence-electron chi connectivity index (χ0n) is 16.8. The van der Waals surface area contributed by atoms with Crippen molar-refractivity contribution in [3.63, 3.8) is 0 Å². The minimum Gasteiger partial charge on any atom is -0.497 e. The predicted octanol–water partition coefficient (Wildman–Crippen LogP) is 4.77. The first-order valence-electron chi connectivity index (χ1n) is 9.19. The highest BCUT2D eigenvalue weighted by Gasteiger charge is 2.12. The molecule has 4 rings (SSSR count). The third-order valence-electron chi connectivity index (χ3n) is 4.63. The number of aromatic nitrogens is 1. The molecule has 30 heavy (non-hydrogen) atoms. The van der Waals surface area contributed by atoms with E-state index in [1.807, 2.05) is 30.3 Å². The third-order valence-corrected chi connectivity index (χ3v) is 4.63. The number of hydrogen-bond acceptors (Lipinski definition) is 6. The van der Waals surface area contributed by atoms with E-state index >= 15 is 0 Å². The molecule has 1 heterocycles. The van der Waals surface area contributed by atoms with Crippen molar-refractivity contribution in [2.45, 2.75) is 0 Å². The van der Waals surface area contributed by atoms with Crippen LogP contribution in [-0.4, -0.2) is 32.2 Å². The molecular formula is C23H20N2O5. The highest BCUT2D eigenvalue weighted by atomic mass is 16.5. The summed E-state index contributed by atoms with van der Waals surface area (Å²) in [4.78, 5) is 17.1. The molecule has 0 unspecified atom stereocenters. The second-order valence-corrected chi connectivity index (χ2v) is 6.45. The number of rotatable bonds is 6. The Hall–Kier alpha value is -4.00. The number of carbonyl (C=O) groups excluding carboxylic acids is 1. The molecule has 0 atom stereocenters. The maximum absolute atomic E-state index is 12.6. The van der Waals surface area contributed by atoms with Gasteiger partial charge >= 0.3 is 0 Å². The third kappa shape index (κ3) is 3.77. The Labute approximate surface area is 173 Å². The summed E-state index contributed by atoms with van der Waals surface area (Å²) in [7, 11) is 4.68. The van der Waals surface area contributed by atoms with Gasteiger partial charge < -0.3 is 23.9 Å². The van der Waals surface area contributed by atoms with Gasteiger partial charge in [0.1, 0.15) is 11.3 Å². The molecule has 7 heteroatoms. The number of hydrogen-bond donors (Lipinski definition) is 1. The van der Waals surface area contributed by atoms with Gasteiger partial charge in [0.25, 0.3) is 5.91 Å². The molecule has 7 nitrogen and oxygen atoms in total. The van der Waals surface area contributed by atoms with E-state index in [1.54, 1.807) is 44.6 Å². The minimum atomic E-state index is -0.252. The average Bonchev–Trinajstić information content (AvgIpc) is 3.22. The highest BCUT2D eigenvalue weighted by Crippen LogP contribution is 2.29. The van der Waals surface area contributed by atoms with Crippen molar-refractivity contribution in [2.24, 2.45) is 0 Å². The molecule has 3 aromatic carbocycles. The van der Waals surface area contributed by atoms with Crippen LogP contribution in [0.1, 0.15) is 10.4 Å². The monoisotopic (exact) mass is 404 g/mol. The lowest BCUT2D eigenvalue weighted by Gasteiger charge is -2.10. The van der Waals surface area contributed by atoms with Crippen molar-refractivity contribution in [3.05, 3.63) is 66.2 Å². The van der Waals surface area contributed by atoms with Crippen LogP contribution in [0.5, 0.6) is 17.2 Å². The number of ether oxygens (including phenoxy) is 3. The Morgan fingerprint density at radius 2 is 1.63 bits per heavy atom. The fourth-order valence-electron chi connectivity index (χ4n) is 3.03. The van der Waals surface area contributed by atoms with E-state index in [0.717, 1.165) is 16.8 Å². The first-order valence-corrected chi connectivity index (χ1v) is 9.19. The molecule has 1 amide bonds. The molecular weight excluding hydrogens is 384 g/mol. The van der Waals surface area contributed by atoms with Gasteiger partial charge in [-0.3, -0.25) is 4.79 Å². The van der Waals surface area contributed by atoms with Gasteiger partial charge in [-0.25, -0.2) is 4.98 Å². The predicted molar refractivity (Wildman–Crippen MR) is 113 cm³/mol. The van der Waals surface area contributed by atoms with Crippen LogP contribution in [-0.2, 0) is 0 Å². The van der Waals surface area contributed by atoms with E-state index in [9.17, 15) is 4.79 Å². The van der Waals surface area contributed by atoms with Gasteiger partial charge in [0.15, 0.2) is 17.1 Å². The van der Waals surface area contributed by atoms with Crippen LogP contribution in [0.25, 0.3) is 22.6 Å². The summed E-state index contributed by atoms with van der Waals surface area (Å²) in [5.74, 6) is 2.02. The van der Waals surface area contributed by atoms with Crippen LogP contribution in [0, 0.1) is 0 Å². The van der Waals surface area contributed by atoms with Gasteiger partial charge in [0, 0.05) is 22.9 Å². The summed E-state index contributed by atoms with van der Waals surface area (Å²) in [6, 6.07) is 17.7. The number of carbonyl (C=O) groups is 1. The fraction of sp³-hybridized carbons (Fsp3) is 0.130. The van der Waals surface area contributed by atoms with Crippen LogP contribution in [0.2, 0.25) is 0 Å². The number of nitrogens with one attached hydrogen (secondary N) is 1. The Bertz CT molecular complexity index is 1200. The number of oxazole rings is 1. The largest absolute Gasteiger partial charge is 0.497 e. The van der Waals surface area contributed by atoms with Crippen molar-refractivity contribution in [1.29, 1.82) is 0 Å². The summed E-state index contributed by atoms with van der Waals surface area (Å²) in [6.07, 6.45) is 0. The molecule has 0 saturated carbocycles. The van der Waals surface area contributed by atoms with Gasteiger partial charge in [-0.1, -0.05) is 0 Å². The smallest absolute Gasteiger partial charge is 0.255 e. The maximum Gasteiger partial charge on any atom is 0.255 e. The Morgan fingerprint density at radius 1 is 0.867 bits per heavy atom. The topological polar surface area (TPSA) is 82.8 Å². The molecule has 152 valence electrons. The van der Waals surface area contributed by atoms with E-state index in [2.05, 4.69) is 10.3 Å². The van der Waals surface area contributed by atoms with Gasteiger partial charge in [0.05, 0.1) is 21.3 Å². The molecule has 0 spiro atoms. The summed E-state index contributed by atoms with van der Waals surface area (Å²) < 4.78 is 21.5. The van der Waals surface area contributed by atoms with Crippen LogP contribution in [0.3, 0.4) is 0 Å². The Balaban J connectivity index is 1.52. The molecule has 0 saturated heterocycles. The molecule has 4 aromatic rings. The zero-order valence-corrected chi connectivity index (χ0v) is 16.8. The van der Waals surface area contributed by atoms with Gasteiger partial charge in [-0.05, 0) is 54.6 Å². The molecule has 0 aliphatic heterocycles. The van der Waals surface area contributed by atoms with E-state index < -0.39 is 0 Å². The SMILES string of the molecule is COc1ccc2oc(-c3ccc(NC(=O)c4ccc(OC)c(OC)c4)cc3)nc2c1. The minimum absolute atomic E-state index is 0.252. The van der Waals surface area contributed by atoms with Crippen molar-refractivity contribution in [2.75, 3.05) is 26.6 Å².